The van der Waals surface area contributed by atoms with Crippen LogP contribution in [-0.4, -0.2) is 55.5 Å². The second-order valence-electron chi connectivity index (χ2n) is 4.86. The Morgan fingerprint density at radius 1 is 1.08 bits per heavy atom. The van der Waals surface area contributed by atoms with Crippen LogP contribution in [0.5, 0.6) is 5.75 Å². The molecule has 0 saturated heterocycles. The van der Waals surface area contributed by atoms with Crippen LogP contribution in [0.4, 0.5) is 9.32 Å². The van der Waals surface area contributed by atoms with E-state index in [1.807, 2.05) is 0 Å². The van der Waals surface area contributed by atoms with Crippen molar-refractivity contribution in [3.8, 4) is 5.75 Å². The molecule has 3 amide bonds. The van der Waals surface area contributed by atoms with E-state index in [-0.39, 0.29) is 13.1 Å². The molecule has 0 atom stereocenters. The molecule has 25 heavy (non-hydrogen) atoms. The number of para-hydroxylation sites is 1. The van der Waals surface area contributed by atoms with Crippen molar-refractivity contribution in [2.24, 2.45) is 0 Å². The van der Waals surface area contributed by atoms with Crippen molar-refractivity contribution >= 4 is 23.9 Å². The smallest absolute Gasteiger partial charge is 0.410 e. The van der Waals surface area contributed by atoms with Gasteiger partial charge in [0.2, 0.25) is 11.8 Å². The lowest BCUT2D eigenvalue weighted by atomic mass is 10.3. The van der Waals surface area contributed by atoms with Crippen molar-refractivity contribution in [1.29, 1.82) is 0 Å². The summed E-state index contributed by atoms with van der Waals surface area (Å²) >= 11 is 0. The van der Waals surface area contributed by atoms with E-state index in [1.165, 1.54) is 11.9 Å². The second kappa shape index (κ2) is 10.6. The first-order chi connectivity index (χ1) is 11.9. The highest BCUT2D eigenvalue weighted by atomic mass is 19.3. The predicted octanol–water partition coefficient (Wildman–Crippen LogP) is 0.167. The molecule has 0 saturated carbocycles. The van der Waals surface area contributed by atoms with Gasteiger partial charge < -0.3 is 20.3 Å². The topological polar surface area (TPSA) is 114 Å². The SMILES string of the molecule is CN(CCNC(=O)CNC(=O)CC(=O)OF)C(=O)Oc1ccccc1. The minimum absolute atomic E-state index is 0.127. The number of nitrogens with zero attached hydrogens (tertiary/aromatic N) is 1. The van der Waals surface area contributed by atoms with Crippen LogP contribution in [0.25, 0.3) is 0 Å². The van der Waals surface area contributed by atoms with Crippen molar-refractivity contribution in [3.63, 3.8) is 0 Å². The minimum Gasteiger partial charge on any atom is -0.410 e. The second-order valence-corrected chi connectivity index (χ2v) is 4.86. The van der Waals surface area contributed by atoms with Crippen LogP contribution >= 0.6 is 0 Å². The molecule has 0 heterocycles. The third kappa shape index (κ3) is 8.30. The zero-order valence-electron chi connectivity index (χ0n) is 13.5. The maximum atomic E-state index is 11.8. The maximum absolute atomic E-state index is 11.8. The molecule has 0 aliphatic heterocycles. The largest absolute Gasteiger partial charge is 0.415 e. The lowest BCUT2D eigenvalue weighted by molar-refractivity contribution is -0.184. The molecule has 1 aromatic rings. The summed E-state index contributed by atoms with van der Waals surface area (Å²) in [5.41, 5.74) is 0. The number of rotatable bonds is 8. The van der Waals surface area contributed by atoms with Gasteiger partial charge in [-0.2, -0.15) is 0 Å². The predicted molar refractivity (Wildman–Crippen MR) is 82.9 cm³/mol. The number of halogens is 1. The first-order valence-electron chi connectivity index (χ1n) is 7.25. The van der Waals surface area contributed by atoms with Gasteiger partial charge in [0, 0.05) is 24.7 Å². The van der Waals surface area contributed by atoms with Gasteiger partial charge in [0.25, 0.3) is 0 Å². The van der Waals surface area contributed by atoms with Crippen molar-refractivity contribution in [1.82, 2.24) is 15.5 Å². The summed E-state index contributed by atoms with van der Waals surface area (Å²) in [6.07, 6.45) is -1.41. The molecule has 2 N–H and O–H groups in total. The molecule has 0 spiro atoms. The number of carbonyl (C=O) groups excluding carboxylic acids is 4. The molecule has 0 fully saturated rings. The molecule has 10 heteroatoms. The van der Waals surface area contributed by atoms with E-state index in [0.717, 1.165) is 0 Å². The average Bonchev–Trinajstić information content (AvgIpc) is 2.60. The molecule has 0 radical (unpaired) electrons. The fourth-order valence-electron chi connectivity index (χ4n) is 1.58. The summed E-state index contributed by atoms with van der Waals surface area (Å²) in [5, 5.41) is 4.58. The molecular weight excluding hydrogens is 337 g/mol. The van der Waals surface area contributed by atoms with Crippen LogP contribution in [0.3, 0.4) is 0 Å². The number of likely N-dealkylation sites (N-methyl/N-ethyl adjacent to an activating group) is 1. The van der Waals surface area contributed by atoms with E-state index in [1.54, 1.807) is 30.3 Å². The highest BCUT2D eigenvalue weighted by molar-refractivity contribution is 5.95. The molecule has 0 bridgehead atoms. The first-order valence-corrected chi connectivity index (χ1v) is 7.25. The Balaban J connectivity index is 2.20. The van der Waals surface area contributed by atoms with Crippen LogP contribution < -0.4 is 15.4 Å². The number of amides is 3. The minimum atomic E-state index is -1.35. The number of nitrogens with one attached hydrogen (secondary N) is 2. The summed E-state index contributed by atoms with van der Waals surface area (Å²) in [6.45, 7) is -0.0856. The highest BCUT2D eigenvalue weighted by Crippen LogP contribution is 2.09. The molecule has 1 rings (SSSR count). The number of hydrogen-bond donors (Lipinski definition) is 2. The van der Waals surface area contributed by atoms with E-state index >= 15 is 0 Å². The first kappa shape index (κ1) is 19.9. The van der Waals surface area contributed by atoms with E-state index in [4.69, 9.17) is 4.74 Å². The van der Waals surface area contributed by atoms with E-state index in [2.05, 4.69) is 15.6 Å². The van der Waals surface area contributed by atoms with Crippen LogP contribution in [0.2, 0.25) is 0 Å². The third-order valence-corrected chi connectivity index (χ3v) is 2.87. The van der Waals surface area contributed by atoms with Gasteiger partial charge in [-0.3, -0.25) is 14.5 Å². The van der Waals surface area contributed by atoms with Crippen molar-refractivity contribution < 1.29 is 33.4 Å². The van der Waals surface area contributed by atoms with Gasteiger partial charge in [-0.05, 0) is 12.1 Å². The Labute approximate surface area is 143 Å². The van der Waals surface area contributed by atoms with Crippen molar-refractivity contribution in [3.05, 3.63) is 30.3 Å². The van der Waals surface area contributed by atoms with Crippen LogP contribution in [0.1, 0.15) is 6.42 Å². The zero-order chi connectivity index (χ0) is 18.7. The van der Waals surface area contributed by atoms with E-state index in [0.29, 0.717) is 5.75 Å². The molecule has 0 aliphatic rings. The number of ether oxygens (including phenoxy) is 1. The quantitative estimate of drug-likeness (QED) is 0.643. The van der Waals surface area contributed by atoms with Gasteiger partial charge >= 0.3 is 12.1 Å². The van der Waals surface area contributed by atoms with Gasteiger partial charge in [-0.25, -0.2) is 9.59 Å². The monoisotopic (exact) mass is 355 g/mol. The molecule has 0 aromatic heterocycles. The van der Waals surface area contributed by atoms with Crippen LogP contribution in [0, 0.1) is 0 Å². The number of carbonyl (C=O) groups is 4. The Morgan fingerprint density at radius 3 is 2.40 bits per heavy atom. The lowest BCUT2D eigenvalue weighted by Crippen LogP contribution is -2.41. The molecule has 136 valence electrons. The molecule has 0 unspecified atom stereocenters. The fraction of sp³-hybridized carbons (Fsp3) is 0.333. The van der Waals surface area contributed by atoms with Crippen LogP contribution in [-0.2, 0) is 19.3 Å². The zero-order valence-corrected chi connectivity index (χ0v) is 13.5. The van der Waals surface area contributed by atoms with Crippen molar-refractivity contribution in [2.75, 3.05) is 26.7 Å². The van der Waals surface area contributed by atoms with Gasteiger partial charge in [-0.15, -0.1) is 0 Å². The number of hydrogen-bond acceptors (Lipinski definition) is 6. The highest BCUT2D eigenvalue weighted by Gasteiger charge is 2.13. The lowest BCUT2D eigenvalue weighted by Gasteiger charge is -2.17. The van der Waals surface area contributed by atoms with Crippen molar-refractivity contribution in [2.45, 2.75) is 6.42 Å². The van der Waals surface area contributed by atoms with Gasteiger partial charge in [0.1, 0.15) is 12.2 Å². The standard InChI is InChI=1S/C15H18FN3O6/c1-19(15(23)24-11-5-3-2-4-6-11)8-7-17-13(21)10-18-12(20)9-14(22)25-16/h2-6H,7-10H2,1H3,(H,17,21)(H,18,20). The Bertz CT molecular complexity index is 611. The molecule has 1 aromatic carbocycles. The fourth-order valence-corrected chi connectivity index (χ4v) is 1.58. The molecular formula is C15H18FN3O6. The van der Waals surface area contributed by atoms with Gasteiger partial charge in [-0.1, -0.05) is 18.2 Å². The molecule has 0 aliphatic carbocycles. The van der Waals surface area contributed by atoms with Gasteiger partial charge in [0.05, 0.1) is 6.54 Å². The average molecular weight is 355 g/mol. The Kier molecular flexibility index (Phi) is 8.41. The Morgan fingerprint density at radius 2 is 1.76 bits per heavy atom. The van der Waals surface area contributed by atoms with Crippen LogP contribution in [0.15, 0.2) is 30.3 Å². The molecule has 9 nitrogen and oxygen atoms in total. The maximum Gasteiger partial charge on any atom is 0.415 e. The summed E-state index contributed by atoms with van der Waals surface area (Å²) in [6, 6.07) is 8.51. The third-order valence-electron chi connectivity index (χ3n) is 2.87. The number of benzene rings is 1. The summed E-state index contributed by atoms with van der Waals surface area (Å²) < 4.78 is 16.5. The normalized spacial score (nSPS) is 9.68. The summed E-state index contributed by atoms with van der Waals surface area (Å²) in [5.74, 6) is -2.33. The van der Waals surface area contributed by atoms with E-state index in [9.17, 15) is 23.7 Å². The summed E-state index contributed by atoms with van der Waals surface area (Å²) in [4.78, 5) is 49.0. The Hall–Kier alpha value is -3.17. The van der Waals surface area contributed by atoms with Gasteiger partial charge in [0.15, 0.2) is 0 Å². The summed E-state index contributed by atoms with van der Waals surface area (Å²) in [7, 11) is 1.50. The van der Waals surface area contributed by atoms with E-state index < -0.39 is 36.8 Å².